The maximum atomic E-state index is 14.9. The molecule has 0 radical (unpaired) electrons. The van der Waals surface area contributed by atoms with Crippen molar-refractivity contribution in [2.75, 3.05) is 26.2 Å². The summed E-state index contributed by atoms with van der Waals surface area (Å²) in [6.07, 6.45) is 13.3. The van der Waals surface area contributed by atoms with Crippen LogP contribution in [-0.2, 0) is 23.9 Å². The van der Waals surface area contributed by atoms with Gasteiger partial charge in [-0.1, -0.05) is 106 Å². The smallest absolute Gasteiger partial charge is 0.407 e. The fraction of sp³-hybridized carbons (Fsp3) is 0.810. The van der Waals surface area contributed by atoms with Gasteiger partial charge in [-0.2, -0.15) is 0 Å². The van der Waals surface area contributed by atoms with Gasteiger partial charge in [0.1, 0.15) is 18.7 Å². The Morgan fingerprint density at radius 3 is 2.16 bits per heavy atom. The molecule has 0 bridgehead atoms. The SMILES string of the molecule is C=CCNC(=O)C(=O)C(CCCC)NC(=O)[C@@H]1C(C(C)C)CCN1C(=O)[C@@H](NC(=O)N[C@H](COC(=O)NCC1CCCCC1)C(C)(C)C)C1(C)CCCCC1. The van der Waals surface area contributed by atoms with Gasteiger partial charge in [0.2, 0.25) is 17.6 Å². The number of unbranched alkanes of at least 4 members (excludes halogenated alkanes) is 1. The Hall–Kier alpha value is -3.64. The highest BCUT2D eigenvalue weighted by molar-refractivity contribution is 6.38. The van der Waals surface area contributed by atoms with Crippen molar-refractivity contribution >= 4 is 35.6 Å². The van der Waals surface area contributed by atoms with Gasteiger partial charge in [0.05, 0.1) is 12.1 Å². The Morgan fingerprint density at radius 1 is 0.909 bits per heavy atom. The molecule has 0 spiro atoms. The van der Waals surface area contributed by atoms with Crippen LogP contribution in [0.1, 0.15) is 138 Å². The molecule has 1 heterocycles. The van der Waals surface area contributed by atoms with Crippen molar-refractivity contribution in [1.82, 2.24) is 31.5 Å². The highest BCUT2D eigenvalue weighted by atomic mass is 16.5. The molecule has 13 nitrogen and oxygen atoms in total. The van der Waals surface area contributed by atoms with Crippen LogP contribution in [0, 0.1) is 28.6 Å². The zero-order valence-electron chi connectivity index (χ0n) is 34.9. The lowest BCUT2D eigenvalue weighted by Crippen LogP contribution is -2.63. The van der Waals surface area contributed by atoms with Crippen molar-refractivity contribution < 1.29 is 33.5 Å². The van der Waals surface area contributed by atoms with Crippen LogP contribution < -0.4 is 26.6 Å². The first kappa shape index (κ1) is 45.7. The monoisotopic (exact) mass is 773 g/mol. The third-order valence-corrected chi connectivity index (χ3v) is 12.2. The number of Topliss-reactive ketones (excluding diaryl/α,β-unsaturated/α-hetero) is 1. The van der Waals surface area contributed by atoms with Crippen LogP contribution in [0.25, 0.3) is 0 Å². The van der Waals surface area contributed by atoms with Gasteiger partial charge < -0.3 is 36.2 Å². The number of nitrogens with one attached hydrogen (secondary N) is 5. The van der Waals surface area contributed by atoms with Gasteiger partial charge in [-0.3, -0.25) is 19.2 Å². The average molecular weight is 773 g/mol. The lowest BCUT2D eigenvalue weighted by atomic mass is 9.70. The quantitative estimate of drug-likeness (QED) is 0.0869. The number of ether oxygens (including phenoxy) is 1. The second-order valence-electron chi connectivity index (χ2n) is 17.9. The molecular formula is C42H72N6O7. The number of hydrogen-bond donors (Lipinski definition) is 5. The van der Waals surface area contributed by atoms with E-state index in [-0.39, 0.29) is 30.9 Å². The van der Waals surface area contributed by atoms with Gasteiger partial charge in [-0.05, 0) is 67.1 Å². The normalized spacial score (nSPS) is 21.8. The topological polar surface area (TPSA) is 175 Å². The number of nitrogens with zero attached hydrogens (tertiary/aromatic N) is 1. The van der Waals surface area contributed by atoms with Gasteiger partial charge in [0.15, 0.2) is 0 Å². The molecular weight excluding hydrogens is 700 g/mol. The van der Waals surface area contributed by atoms with Crippen molar-refractivity contribution in [3.05, 3.63) is 12.7 Å². The average Bonchev–Trinajstić information content (AvgIpc) is 3.61. The first-order valence-electron chi connectivity index (χ1n) is 21.0. The molecule has 2 saturated carbocycles. The first-order valence-corrected chi connectivity index (χ1v) is 21.0. The Balaban J connectivity index is 1.81. The van der Waals surface area contributed by atoms with E-state index in [1.807, 2.05) is 48.5 Å². The number of ketones is 1. The molecule has 3 aliphatic rings. The minimum Gasteiger partial charge on any atom is -0.447 e. The number of likely N-dealkylation sites (tertiary alicyclic amines) is 1. The number of carbonyl (C=O) groups excluding carboxylic acids is 6. The van der Waals surface area contributed by atoms with Crippen LogP contribution in [0.2, 0.25) is 0 Å². The fourth-order valence-electron chi connectivity index (χ4n) is 8.46. The van der Waals surface area contributed by atoms with Crippen molar-refractivity contribution in [2.45, 2.75) is 163 Å². The van der Waals surface area contributed by atoms with Crippen molar-refractivity contribution in [3.8, 4) is 0 Å². The number of amides is 6. The van der Waals surface area contributed by atoms with E-state index in [1.54, 1.807) is 4.90 Å². The molecule has 0 aromatic carbocycles. The molecule has 5 N–H and O–H groups in total. The summed E-state index contributed by atoms with van der Waals surface area (Å²) in [5, 5.41) is 14.3. The van der Waals surface area contributed by atoms with E-state index in [0.29, 0.717) is 38.3 Å². The number of alkyl carbamates (subject to hydrolysis) is 1. The molecule has 6 amide bonds. The third-order valence-electron chi connectivity index (χ3n) is 12.2. The molecule has 13 heteroatoms. The second kappa shape index (κ2) is 21.6. The van der Waals surface area contributed by atoms with E-state index in [4.69, 9.17) is 4.74 Å². The zero-order chi connectivity index (χ0) is 40.8. The molecule has 5 atom stereocenters. The summed E-state index contributed by atoms with van der Waals surface area (Å²) >= 11 is 0. The summed E-state index contributed by atoms with van der Waals surface area (Å²) in [4.78, 5) is 83.2. The van der Waals surface area contributed by atoms with Crippen molar-refractivity contribution in [2.24, 2.45) is 28.6 Å². The van der Waals surface area contributed by atoms with E-state index < -0.39 is 64.7 Å². The maximum absolute atomic E-state index is 14.9. The van der Waals surface area contributed by atoms with Gasteiger partial charge in [0, 0.05) is 19.6 Å². The Morgan fingerprint density at radius 2 is 1.56 bits per heavy atom. The molecule has 2 aliphatic carbocycles. The summed E-state index contributed by atoms with van der Waals surface area (Å²) in [5.41, 5.74) is -1.05. The van der Waals surface area contributed by atoms with E-state index >= 15 is 0 Å². The predicted molar refractivity (Wildman–Crippen MR) is 214 cm³/mol. The third kappa shape index (κ3) is 13.5. The molecule has 312 valence electrons. The Labute approximate surface area is 330 Å². The molecule has 0 aromatic heterocycles. The van der Waals surface area contributed by atoms with E-state index in [9.17, 15) is 28.8 Å². The predicted octanol–water partition coefficient (Wildman–Crippen LogP) is 5.77. The number of urea groups is 1. The molecule has 1 aliphatic heterocycles. The minimum atomic E-state index is -1.04. The van der Waals surface area contributed by atoms with Crippen LogP contribution in [0.15, 0.2) is 12.7 Å². The lowest BCUT2D eigenvalue weighted by molar-refractivity contribution is -0.145. The molecule has 3 fully saturated rings. The first-order chi connectivity index (χ1) is 26.0. The van der Waals surface area contributed by atoms with E-state index in [0.717, 1.165) is 51.4 Å². The summed E-state index contributed by atoms with van der Waals surface area (Å²) in [6, 6.07) is -3.96. The van der Waals surface area contributed by atoms with Crippen LogP contribution in [0.4, 0.5) is 9.59 Å². The Bertz CT molecular complexity index is 1320. The summed E-state index contributed by atoms with van der Waals surface area (Å²) in [6.45, 7) is 18.4. The van der Waals surface area contributed by atoms with Gasteiger partial charge in [0.25, 0.3) is 5.91 Å². The van der Waals surface area contributed by atoms with Crippen LogP contribution >= 0.6 is 0 Å². The summed E-state index contributed by atoms with van der Waals surface area (Å²) in [5.74, 6) is -2.03. The van der Waals surface area contributed by atoms with Crippen LogP contribution in [0.5, 0.6) is 0 Å². The van der Waals surface area contributed by atoms with Crippen LogP contribution in [0.3, 0.4) is 0 Å². The highest BCUT2D eigenvalue weighted by Gasteiger charge is 2.50. The van der Waals surface area contributed by atoms with Crippen molar-refractivity contribution in [3.63, 3.8) is 0 Å². The van der Waals surface area contributed by atoms with E-state index in [1.165, 1.54) is 25.3 Å². The van der Waals surface area contributed by atoms with Gasteiger partial charge in [-0.25, -0.2) is 9.59 Å². The van der Waals surface area contributed by atoms with E-state index in [2.05, 4.69) is 33.2 Å². The molecule has 1 saturated heterocycles. The number of carbonyl (C=O) groups is 6. The van der Waals surface area contributed by atoms with Gasteiger partial charge in [-0.15, -0.1) is 6.58 Å². The number of hydrogen-bond acceptors (Lipinski definition) is 7. The molecule has 2 unspecified atom stereocenters. The van der Waals surface area contributed by atoms with Gasteiger partial charge >= 0.3 is 12.1 Å². The second-order valence-corrected chi connectivity index (χ2v) is 17.9. The largest absolute Gasteiger partial charge is 0.447 e. The standard InChI is InChI=1S/C42H72N6O7/c1-9-11-20-31(34(49)37(51)43-24-10-2)45-36(50)33-30(28(3)4)21-25-48(33)38(52)35(42(8)22-16-13-17-23-42)47-39(53)46-32(41(5,6)7)27-55-40(54)44-26-29-18-14-12-15-19-29/h10,28-33,35H,2,9,11-27H2,1,3-8H3,(H,43,51)(H,44,54)(H,45,50)(H2,46,47,53)/t30?,31?,32-,33+,35-/m1/s1. The van der Waals surface area contributed by atoms with Crippen LogP contribution in [-0.4, -0.2) is 90.9 Å². The maximum Gasteiger partial charge on any atom is 0.407 e. The zero-order valence-corrected chi connectivity index (χ0v) is 34.9. The molecule has 3 rings (SSSR count). The number of rotatable bonds is 18. The molecule has 55 heavy (non-hydrogen) atoms. The summed E-state index contributed by atoms with van der Waals surface area (Å²) < 4.78 is 5.61. The Kier molecular flexibility index (Phi) is 18.0. The highest BCUT2D eigenvalue weighted by Crippen LogP contribution is 2.41. The minimum absolute atomic E-state index is 0.0432. The fourth-order valence-corrected chi connectivity index (χ4v) is 8.46. The molecule has 0 aromatic rings. The summed E-state index contributed by atoms with van der Waals surface area (Å²) in [7, 11) is 0. The van der Waals surface area contributed by atoms with Crippen molar-refractivity contribution in [1.29, 1.82) is 0 Å². The lowest BCUT2D eigenvalue weighted by Gasteiger charge is -2.43.